The van der Waals surface area contributed by atoms with Crippen LogP contribution in [0.1, 0.15) is 38.2 Å². The van der Waals surface area contributed by atoms with Crippen molar-refractivity contribution in [2.45, 2.75) is 45.1 Å². The van der Waals surface area contributed by atoms with Crippen LogP contribution in [0.3, 0.4) is 0 Å². The molecule has 0 bridgehead atoms. The van der Waals surface area contributed by atoms with Crippen LogP contribution in [0.4, 0.5) is 0 Å². The van der Waals surface area contributed by atoms with Gasteiger partial charge in [0.2, 0.25) is 0 Å². The van der Waals surface area contributed by atoms with Crippen LogP contribution in [-0.2, 0) is 6.42 Å². The highest BCUT2D eigenvalue weighted by atomic mass is 35.5. The number of rotatable bonds is 8. The van der Waals surface area contributed by atoms with E-state index in [2.05, 4.69) is 12.2 Å². The molecule has 0 saturated heterocycles. The summed E-state index contributed by atoms with van der Waals surface area (Å²) in [5.41, 5.74) is 1.18. The molecular weight excluding hydrogens is 246 g/mol. The summed E-state index contributed by atoms with van der Waals surface area (Å²) in [6.07, 6.45) is 5.98. The van der Waals surface area contributed by atoms with E-state index >= 15 is 0 Å². The van der Waals surface area contributed by atoms with Gasteiger partial charge >= 0.3 is 0 Å². The van der Waals surface area contributed by atoms with E-state index < -0.39 is 0 Å². The number of benzene rings is 1. The first kappa shape index (κ1) is 15.3. The minimum atomic E-state index is 0.490. The van der Waals surface area contributed by atoms with Gasteiger partial charge < -0.3 is 10.1 Å². The predicted molar refractivity (Wildman–Crippen MR) is 78.7 cm³/mol. The molecule has 0 saturated carbocycles. The molecule has 1 atom stereocenters. The van der Waals surface area contributed by atoms with Gasteiger partial charge in [0.25, 0.3) is 0 Å². The van der Waals surface area contributed by atoms with Crippen molar-refractivity contribution in [3.8, 4) is 5.75 Å². The van der Waals surface area contributed by atoms with Crippen LogP contribution in [0.15, 0.2) is 18.2 Å². The van der Waals surface area contributed by atoms with Crippen molar-refractivity contribution >= 4 is 11.6 Å². The van der Waals surface area contributed by atoms with E-state index in [9.17, 15) is 0 Å². The van der Waals surface area contributed by atoms with Crippen LogP contribution >= 0.6 is 11.6 Å². The largest absolute Gasteiger partial charge is 0.496 e. The molecule has 2 nitrogen and oxygen atoms in total. The van der Waals surface area contributed by atoms with Crippen LogP contribution in [-0.4, -0.2) is 20.2 Å². The van der Waals surface area contributed by atoms with Crippen LogP contribution < -0.4 is 10.1 Å². The summed E-state index contributed by atoms with van der Waals surface area (Å²) >= 11 is 6.05. The third-order valence-corrected chi connectivity index (χ3v) is 3.51. The molecule has 0 aliphatic rings. The van der Waals surface area contributed by atoms with Gasteiger partial charge in [-0.3, -0.25) is 0 Å². The lowest BCUT2D eigenvalue weighted by Crippen LogP contribution is -2.27. The Morgan fingerprint density at radius 3 is 2.72 bits per heavy atom. The SMILES string of the molecule is CCCCCC(Cc1cc(Cl)ccc1OC)NC. The van der Waals surface area contributed by atoms with E-state index in [4.69, 9.17) is 16.3 Å². The fourth-order valence-corrected chi connectivity index (χ4v) is 2.36. The van der Waals surface area contributed by atoms with Crippen molar-refractivity contribution in [1.29, 1.82) is 0 Å². The number of nitrogens with one attached hydrogen (secondary N) is 1. The van der Waals surface area contributed by atoms with Gasteiger partial charge in [-0.05, 0) is 43.7 Å². The summed E-state index contributed by atoms with van der Waals surface area (Å²) in [6.45, 7) is 2.23. The van der Waals surface area contributed by atoms with Crippen LogP contribution in [0.5, 0.6) is 5.75 Å². The van der Waals surface area contributed by atoms with Crippen molar-refractivity contribution in [3.63, 3.8) is 0 Å². The van der Waals surface area contributed by atoms with Crippen molar-refractivity contribution in [3.05, 3.63) is 28.8 Å². The Labute approximate surface area is 116 Å². The van der Waals surface area contributed by atoms with Gasteiger partial charge in [-0.25, -0.2) is 0 Å². The van der Waals surface area contributed by atoms with E-state index in [1.807, 2.05) is 25.2 Å². The molecule has 3 heteroatoms. The molecule has 0 aliphatic carbocycles. The highest BCUT2D eigenvalue weighted by Gasteiger charge is 2.11. The minimum Gasteiger partial charge on any atom is -0.496 e. The minimum absolute atomic E-state index is 0.490. The van der Waals surface area contributed by atoms with E-state index in [1.54, 1.807) is 7.11 Å². The van der Waals surface area contributed by atoms with Gasteiger partial charge in [-0.15, -0.1) is 0 Å². The second-order valence-electron chi connectivity index (χ2n) is 4.64. The van der Waals surface area contributed by atoms with Gasteiger partial charge in [-0.1, -0.05) is 37.8 Å². The van der Waals surface area contributed by atoms with Crippen molar-refractivity contribution in [2.75, 3.05) is 14.2 Å². The van der Waals surface area contributed by atoms with Gasteiger partial charge in [0.05, 0.1) is 7.11 Å². The Morgan fingerprint density at radius 1 is 1.33 bits per heavy atom. The van der Waals surface area contributed by atoms with Crippen molar-refractivity contribution in [1.82, 2.24) is 5.32 Å². The second-order valence-corrected chi connectivity index (χ2v) is 5.08. The average molecular weight is 270 g/mol. The third kappa shape index (κ3) is 4.87. The zero-order chi connectivity index (χ0) is 13.4. The van der Waals surface area contributed by atoms with E-state index in [-0.39, 0.29) is 0 Å². The predicted octanol–water partition coefficient (Wildman–Crippen LogP) is 4.06. The Morgan fingerprint density at radius 2 is 2.11 bits per heavy atom. The maximum atomic E-state index is 6.05. The first-order valence-corrected chi connectivity index (χ1v) is 7.08. The molecule has 0 heterocycles. The zero-order valence-corrected chi connectivity index (χ0v) is 12.4. The van der Waals surface area contributed by atoms with E-state index in [1.165, 1.54) is 31.2 Å². The molecule has 18 heavy (non-hydrogen) atoms. The summed E-state index contributed by atoms with van der Waals surface area (Å²) in [6, 6.07) is 6.31. The first-order valence-electron chi connectivity index (χ1n) is 6.71. The Balaban J connectivity index is 2.65. The number of likely N-dealkylation sites (N-methyl/N-ethyl adjacent to an activating group) is 1. The maximum absolute atomic E-state index is 6.05. The Bertz CT molecular complexity index is 354. The van der Waals surface area contributed by atoms with Crippen LogP contribution in [0.2, 0.25) is 5.02 Å². The number of ether oxygens (including phenoxy) is 1. The number of unbranched alkanes of at least 4 members (excludes halogenated alkanes) is 2. The topological polar surface area (TPSA) is 21.3 Å². The van der Waals surface area contributed by atoms with Gasteiger partial charge in [0, 0.05) is 11.1 Å². The summed E-state index contributed by atoms with van der Waals surface area (Å²) < 4.78 is 5.38. The summed E-state index contributed by atoms with van der Waals surface area (Å²) in [5.74, 6) is 0.926. The molecule has 1 N–H and O–H groups in total. The first-order chi connectivity index (χ1) is 8.71. The van der Waals surface area contributed by atoms with E-state index in [0.29, 0.717) is 6.04 Å². The van der Waals surface area contributed by atoms with Crippen molar-refractivity contribution in [2.24, 2.45) is 0 Å². The number of hydrogen-bond acceptors (Lipinski definition) is 2. The average Bonchev–Trinajstić information content (AvgIpc) is 2.38. The Kier molecular flexibility index (Phi) is 7.14. The Hall–Kier alpha value is -0.730. The molecule has 0 aliphatic heterocycles. The normalized spacial score (nSPS) is 12.4. The molecule has 0 aromatic heterocycles. The summed E-state index contributed by atoms with van der Waals surface area (Å²) in [7, 11) is 3.73. The lowest BCUT2D eigenvalue weighted by atomic mass is 10.00. The third-order valence-electron chi connectivity index (χ3n) is 3.27. The fourth-order valence-electron chi connectivity index (χ4n) is 2.16. The zero-order valence-electron chi connectivity index (χ0n) is 11.6. The molecular formula is C15H24ClNO. The highest BCUT2D eigenvalue weighted by molar-refractivity contribution is 6.30. The molecule has 0 fully saturated rings. The molecule has 102 valence electrons. The van der Waals surface area contributed by atoms with Gasteiger partial charge in [-0.2, -0.15) is 0 Å². The quantitative estimate of drug-likeness (QED) is 0.719. The van der Waals surface area contributed by atoms with Crippen LogP contribution in [0, 0.1) is 0 Å². The molecule has 0 spiro atoms. The molecule has 1 rings (SSSR count). The molecule has 1 aromatic carbocycles. The van der Waals surface area contributed by atoms with Gasteiger partial charge in [0.15, 0.2) is 0 Å². The van der Waals surface area contributed by atoms with Crippen LogP contribution in [0.25, 0.3) is 0 Å². The monoisotopic (exact) mass is 269 g/mol. The second kappa shape index (κ2) is 8.39. The molecule has 1 aromatic rings. The summed E-state index contributed by atoms with van der Waals surface area (Å²) in [4.78, 5) is 0. The van der Waals surface area contributed by atoms with Crippen molar-refractivity contribution < 1.29 is 4.74 Å². The molecule has 0 radical (unpaired) electrons. The maximum Gasteiger partial charge on any atom is 0.122 e. The lowest BCUT2D eigenvalue weighted by molar-refractivity contribution is 0.403. The standard InChI is InChI=1S/C15H24ClNO/c1-4-5-6-7-14(17-2)11-12-10-13(16)8-9-15(12)18-3/h8-10,14,17H,4-7,11H2,1-3H3. The van der Waals surface area contributed by atoms with E-state index in [0.717, 1.165) is 17.2 Å². The highest BCUT2D eigenvalue weighted by Crippen LogP contribution is 2.24. The number of hydrogen-bond donors (Lipinski definition) is 1. The molecule has 1 unspecified atom stereocenters. The van der Waals surface area contributed by atoms with Gasteiger partial charge in [0.1, 0.15) is 5.75 Å². The number of halogens is 1. The fraction of sp³-hybridized carbons (Fsp3) is 0.600. The molecule has 0 amide bonds. The smallest absolute Gasteiger partial charge is 0.122 e. The lowest BCUT2D eigenvalue weighted by Gasteiger charge is -2.18. The number of methoxy groups -OCH3 is 1. The summed E-state index contributed by atoms with van der Waals surface area (Å²) in [5, 5.41) is 4.15.